The van der Waals surface area contributed by atoms with Gasteiger partial charge in [0, 0.05) is 5.54 Å². The summed E-state index contributed by atoms with van der Waals surface area (Å²) < 4.78 is 0. The van der Waals surface area contributed by atoms with E-state index in [1.54, 1.807) is 0 Å². The van der Waals surface area contributed by atoms with Crippen molar-refractivity contribution in [1.29, 1.82) is 0 Å². The van der Waals surface area contributed by atoms with Crippen molar-refractivity contribution in [3.8, 4) is 5.75 Å². The van der Waals surface area contributed by atoms with Gasteiger partial charge in [0.15, 0.2) is 0 Å². The lowest BCUT2D eigenvalue weighted by Gasteiger charge is -2.42. The number of rotatable bonds is 2. The Bertz CT molecular complexity index is 546. The summed E-state index contributed by atoms with van der Waals surface area (Å²) in [6.07, 6.45) is 3.93. The molecule has 2 heteroatoms. The molecule has 0 saturated carbocycles. The summed E-state index contributed by atoms with van der Waals surface area (Å²) in [5.41, 5.74) is 3.31. The van der Waals surface area contributed by atoms with E-state index in [2.05, 4.69) is 72.4 Å². The van der Waals surface area contributed by atoms with Crippen LogP contribution in [0.25, 0.3) is 0 Å². The quantitative estimate of drug-likeness (QED) is 0.750. The number of hydrogen-bond acceptors (Lipinski definition) is 2. The molecule has 0 spiro atoms. The first kappa shape index (κ1) is 19.3. The molecule has 24 heavy (non-hydrogen) atoms. The number of likely N-dealkylation sites (tertiary alicyclic amines) is 1. The highest BCUT2D eigenvalue weighted by molar-refractivity contribution is 5.51. The average Bonchev–Trinajstić information content (AvgIpc) is 2.45. The smallest absolute Gasteiger partial charge is 0.123 e. The molecule has 0 aliphatic carbocycles. The summed E-state index contributed by atoms with van der Waals surface area (Å²) in [5.74, 6) is 0.480. The normalized spacial score (nSPS) is 18.0. The van der Waals surface area contributed by atoms with E-state index in [0.717, 1.165) is 11.1 Å². The van der Waals surface area contributed by atoms with Gasteiger partial charge < -0.3 is 5.11 Å². The van der Waals surface area contributed by atoms with Gasteiger partial charge in [-0.2, -0.15) is 0 Å². The molecule has 1 aromatic carbocycles. The number of hydrogen-bond donors (Lipinski definition) is 1. The molecular weight excluding hydrogens is 294 g/mol. The Balaban J connectivity index is 2.61. The van der Waals surface area contributed by atoms with E-state index < -0.39 is 0 Å². The summed E-state index contributed by atoms with van der Waals surface area (Å²) >= 11 is 0. The highest BCUT2D eigenvalue weighted by Gasteiger charge is 2.34. The van der Waals surface area contributed by atoms with Gasteiger partial charge in [-0.1, -0.05) is 48.0 Å². The molecule has 0 bridgehead atoms. The second-order valence-corrected chi connectivity index (χ2v) is 10.0. The monoisotopic (exact) mass is 331 g/mol. The zero-order chi connectivity index (χ0) is 18.3. The Labute approximate surface area is 149 Å². The van der Waals surface area contributed by atoms with Gasteiger partial charge in [0.2, 0.25) is 0 Å². The average molecular weight is 332 g/mol. The van der Waals surface area contributed by atoms with E-state index in [4.69, 9.17) is 0 Å². The van der Waals surface area contributed by atoms with Crippen molar-refractivity contribution in [2.45, 2.75) is 91.0 Å². The Morgan fingerprint density at radius 1 is 0.750 bits per heavy atom. The number of phenols is 1. The van der Waals surface area contributed by atoms with Gasteiger partial charge in [-0.05, 0) is 79.4 Å². The summed E-state index contributed by atoms with van der Waals surface area (Å²) in [6.45, 7) is 20.1. The van der Waals surface area contributed by atoms with Gasteiger partial charge in [-0.25, -0.2) is 0 Å². The first-order chi connectivity index (χ1) is 10.8. The lowest BCUT2D eigenvalue weighted by Crippen LogP contribution is -2.44. The third-order valence-corrected chi connectivity index (χ3v) is 5.58. The zero-order valence-corrected chi connectivity index (χ0v) is 17.1. The summed E-state index contributed by atoms with van der Waals surface area (Å²) in [4.78, 5) is 2.61. The second kappa shape index (κ2) is 6.37. The van der Waals surface area contributed by atoms with Crippen LogP contribution in [0.4, 0.5) is 0 Å². The maximum atomic E-state index is 10.9. The fourth-order valence-corrected chi connectivity index (χ4v) is 3.77. The SMILES string of the molecule is CC(C)(C)c1cc(C(C)(C)N2CCCCC2)cc(C(C)(C)C)c1O. The Kier molecular flexibility index (Phi) is 5.12. The van der Waals surface area contributed by atoms with Crippen LogP contribution < -0.4 is 0 Å². The molecule has 136 valence electrons. The second-order valence-electron chi connectivity index (χ2n) is 10.0. The van der Waals surface area contributed by atoms with Gasteiger partial charge in [-0.3, -0.25) is 4.90 Å². The van der Waals surface area contributed by atoms with Crippen molar-refractivity contribution >= 4 is 0 Å². The minimum atomic E-state index is -0.0714. The molecule has 0 atom stereocenters. The minimum absolute atomic E-state index is 0.00583. The predicted octanol–water partition coefficient (Wildman–Crippen LogP) is 5.71. The van der Waals surface area contributed by atoms with Crippen molar-refractivity contribution in [3.05, 3.63) is 28.8 Å². The third-order valence-electron chi connectivity index (χ3n) is 5.58. The van der Waals surface area contributed by atoms with E-state index >= 15 is 0 Å². The molecule has 1 aliphatic heterocycles. The van der Waals surface area contributed by atoms with E-state index in [-0.39, 0.29) is 16.4 Å². The van der Waals surface area contributed by atoms with Crippen LogP contribution in [0, 0.1) is 0 Å². The van der Waals surface area contributed by atoms with Gasteiger partial charge in [-0.15, -0.1) is 0 Å². The van der Waals surface area contributed by atoms with Crippen LogP contribution in [0.1, 0.15) is 91.3 Å². The molecule has 2 rings (SSSR count). The molecule has 1 aromatic rings. The molecule has 1 saturated heterocycles. The lowest BCUT2D eigenvalue weighted by atomic mass is 9.76. The van der Waals surface area contributed by atoms with Crippen molar-refractivity contribution in [3.63, 3.8) is 0 Å². The van der Waals surface area contributed by atoms with Crippen LogP contribution in [-0.4, -0.2) is 23.1 Å². The first-order valence-corrected chi connectivity index (χ1v) is 9.48. The predicted molar refractivity (Wildman–Crippen MR) is 104 cm³/mol. The highest BCUT2D eigenvalue weighted by Crippen LogP contribution is 2.43. The fraction of sp³-hybridized carbons (Fsp3) is 0.727. The van der Waals surface area contributed by atoms with Crippen LogP contribution in [-0.2, 0) is 16.4 Å². The van der Waals surface area contributed by atoms with Gasteiger partial charge in [0.05, 0.1) is 0 Å². The summed E-state index contributed by atoms with van der Waals surface area (Å²) in [7, 11) is 0. The fourth-order valence-electron chi connectivity index (χ4n) is 3.77. The van der Waals surface area contributed by atoms with E-state index in [1.807, 2.05) is 0 Å². The van der Waals surface area contributed by atoms with Crippen molar-refractivity contribution < 1.29 is 5.11 Å². The lowest BCUT2D eigenvalue weighted by molar-refractivity contribution is 0.0940. The summed E-state index contributed by atoms with van der Waals surface area (Å²) in [5, 5.41) is 10.9. The number of piperidine rings is 1. The maximum absolute atomic E-state index is 10.9. The molecule has 1 N–H and O–H groups in total. The number of phenolic OH excluding ortho intramolecular Hbond substituents is 1. The largest absolute Gasteiger partial charge is 0.507 e. The van der Waals surface area contributed by atoms with Gasteiger partial charge in [0.1, 0.15) is 5.75 Å². The molecule has 1 fully saturated rings. The minimum Gasteiger partial charge on any atom is -0.507 e. The maximum Gasteiger partial charge on any atom is 0.123 e. The molecule has 0 amide bonds. The molecule has 2 nitrogen and oxygen atoms in total. The van der Waals surface area contributed by atoms with E-state index in [9.17, 15) is 5.11 Å². The van der Waals surface area contributed by atoms with Crippen LogP contribution in [0.2, 0.25) is 0 Å². The van der Waals surface area contributed by atoms with Crippen molar-refractivity contribution in [2.24, 2.45) is 0 Å². The number of aromatic hydroxyl groups is 1. The third kappa shape index (κ3) is 3.79. The molecule has 0 radical (unpaired) electrons. The Morgan fingerprint density at radius 2 is 1.17 bits per heavy atom. The Hall–Kier alpha value is -1.02. The van der Waals surface area contributed by atoms with E-state index in [1.165, 1.54) is 37.9 Å². The van der Waals surface area contributed by atoms with Crippen LogP contribution in [0.3, 0.4) is 0 Å². The molecule has 0 aromatic heterocycles. The number of benzene rings is 1. The van der Waals surface area contributed by atoms with Gasteiger partial charge in [0.25, 0.3) is 0 Å². The topological polar surface area (TPSA) is 23.5 Å². The summed E-state index contributed by atoms with van der Waals surface area (Å²) in [6, 6.07) is 4.50. The van der Waals surface area contributed by atoms with E-state index in [0.29, 0.717) is 5.75 Å². The van der Waals surface area contributed by atoms with Crippen molar-refractivity contribution in [2.75, 3.05) is 13.1 Å². The molecule has 0 unspecified atom stereocenters. The van der Waals surface area contributed by atoms with Gasteiger partial charge >= 0.3 is 0 Å². The zero-order valence-electron chi connectivity index (χ0n) is 17.1. The van der Waals surface area contributed by atoms with Crippen molar-refractivity contribution in [1.82, 2.24) is 4.90 Å². The standard InChI is InChI=1S/C22H37NO/c1-20(2,3)17-14-16(15-18(19(17)24)21(4,5)6)22(7,8)23-12-10-9-11-13-23/h14-15,24H,9-13H2,1-8H3. The van der Waals surface area contributed by atoms with Crippen LogP contribution in [0.15, 0.2) is 12.1 Å². The molecule has 1 aliphatic rings. The molecule has 1 heterocycles. The highest BCUT2D eigenvalue weighted by atomic mass is 16.3. The van der Waals surface area contributed by atoms with Crippen LogP contribution in [0.5, 0.6) is 5.75 Å². The first-order valence-electron chi connectivity index (χ1n) is 9.48. The Morgan fingerprint density at radius 3 is 1.54 bits per heavy atom. The molecular formula is C22H37NO. The van der Waals surface area contributed by atoms with Crippen LogP contribution >= 0.6 is 0 Å². The number of nitrogens with zero attached hydrogens (tertiary/aromatic N) is 1.